The number of carbonyl (C=O) groups excluding carboxylic acids is 3. The van der Waals surface area contributed by atoms with Crippen molar-refractivity contribution in [1.29, 1.82) is 0 Å². The van der Waals surface area contributed by atoms with Crippen LogP contribution in [0.15, 0.2) is 22.7 Å². The molecule has 0 atom stereocenters. The Morgan fingerprint density at radius 1 is 1.20 bits per heavy atom. The maximum absolute atomic E-state index is 12.8. The molecule has 30 heavy (non-hydrogen) atoms. The van der Waals surface area contributed by atoms with E-state index in [0.717, 1.165) is 10.9 Å². The number of anilines is 1. The van der Waals surface area contributed by atoms with E-state index in [0.29, 0.717) is 57.3 Å². The van der Waals surface area contributed by atoms with Gasteiger partial charge in [0.15, 0.2) is 6.61 Å². The molecule has 3 rings (SSSR count). The Morgan fingerprint density at radius 3 is 2.70 bits per heavy atom. The summed E-state index contributed by atoms with van der Waals surface area (Å²) in [6.45, 7) is 3.74. The Kier molecular flexibility index (Phi) is 8.06. The summed E-state index contributed by atoms with van der Waals surface area (Å²) < 4.78 is 11.3. The van der Waals surface area contributed by atoms with E-state index in [2.05, 4.69) is 21.2 Å². The zero-order valence-corrected chi connectivity index (χ0v) is 18.6. The molecule has 2 aliphatic rings. The third-order valence-electron chi connectivity index (χ3n) is 5.10. The van der Waals surface area contributed by atoms with Crippen molar-refractivity contribution < 1.29 is 23.9 Å². The summed E-state index contributed by atoms with van der Waals surface area (Å²) in [4.78, 5) is 42.4. The molecule has 0 aromatic heterocycles. The molecule has 1 N–H and O–H groups in total. The molecule has 10 heteroatoms. The highest BCUT2D eigenvalue weighted by atomic mass is 79.9. The van der Waals surface area contributed by atoms with E-state index >= 15 is 0 Å². The summed E-state index contributed by atoms with van der Waals surface area (Å²) in [7, 11) is 1.63. The zero-order chi connectivity index (χ0) is 21.5. The molecule has 1 aromatic carbocycles. The van der Waals surface area contributed by atoms with Crippen LogP contribution in [0, 0.1) is 0 Å². The second-order valence-corrected chi connectivity index (χ2v) is 8.15. The molecule has 9 nitrogen and oxygen atoms in total. The molecule has 0 unspecified atom stereocenters. The highest BCUT2D eigenvalue weighted by Crippen LogP contribution is 2.34. The van der Waals surface area contributed by atoms with Crippen LogP contribution in [0.25, 0.3) is 0 Å². The van der Waals surface area contributed by atoms with Crippen molar-refractivity contribution in [2.75, 3.05) is 71.0 Å². The Labute approximate surface area is 184 Å². The number of benzene rings is 1. The van der Waals surface area contributed by atoms with Crippen LogP contribution >= 0.6 is 15.9 Å². The standard InChI is InChI=1S/C20H27BrN4O5/c1-29-10-2-5-22-18(26)12-23-6-8-24(9-7-23)19(27)13-25-16-4-3-15(21)11-17(16)30-14-20(25)28/h3-4,11H,2,5-10,12-14H2,1H3,(H,22,26). The monoisotopic (exact) mass is 482 g/mol. The van der Waals surface area contributed by atoms with Gasteiger partial charge in [-0.25, -0.2) is 0 Å². The van der Waals surface area contributed by atoms with E-state index in [4.69, 9.17) is 9.47 Å². The van der Waals surface area contributed by atoms with E-state index in [1.807, 2.05) is 11.0 Å². The van der Waals surface area contributed by atoms with Gasteiger partial charge >= 0.3 is 0 Å². The fourth-order valence-electron chi connectivity index (χ4n) is 3.45. The van der Waals surface area contributed by atoms with E-state index in [1.54, 1.807) is 24.1 Å². The minimum absolute atomic E-state index is 0.0171. The average Bonchev–Trinajstić information content (AvgIpc) is 2.73. The second-order valence-electron chi connectivity index (χ2n) is 7.23. The summed E-state index contributed by atoms with van der Waals surface area (Å²) >= 11 is 3.38. The van der Waals surface area contributed by atoms with Gasteiger partial charge in [-0.2, -0.15) is 0 Å². The number of rotatable bonds is 8. The van der Waals surface area contributed by atoms with Gasteiger partial charge < -0.3 is 19.7 Å². The zero-order valence-electron chi connectivity index (χ0n) is 17.1. The summed E-state index contributed by atoms with van der Waals surface area (Å²) in [5, 5.41) is 2.87. The first-order chi connectivity index (χ1) is 14.5. The Bertz CT molecular complexity index is 782. The summed E-state index contributed by atoms with van der Waals surface area (Å²) in [5.74, 6) is 0.218. The molecule has 1 fully saturated rings. The van der Waals surface area contributed by atoms with Gasteiger partial charge in [0.25, 0.3) is 5.91 Å². The van der Waals surface area contributed by atoms with Gasteiger partial charge in [0.2, 0.25) is 11.8 Å². The van der Waals surface area contributed by atoms with Crippen molar-refractivity contribution in [1.82, 2.24) is 15.1 Å². The molecule has 1 aromatic rings. The van der Waals surface area contributed by atoms with Gasteiger partial charge in [-0.1, -0.05) is 15.9 Å². The van der Waals surface area contributed by atoms with Crippen LogP contribution in [-0.2, 0) is 19.1 Å². The molecule has 2 aliphatic heterocycles. The normalized spacial score (nSPS) is 16.8. The van der Waals surface area contributed by atoms with Crippen molar-refractivity contribution >= 4 is 39.3 Å². The Morgan fingerprint density at radius 2 is 1.97 bits per heavy atom. The predicted molar refractivity (Wildman–Crippen MR) is 115 cm³/mol. The number of nitrogens with zero attached hydrogens (tertiary/aromatic N) is 3. The molecule has 2 heterocycles. The van der Waals surface area contributed by atoms with Crippen molar-refractivity contribution in [2.24, 2.45) is 0 Å². The molecule has 0 radical (unpaired) electrons. The molecular formula is C20H27BrN4O5. The topological polar surface area (TPSA) is 91.4 Å². The molecule has 1 saturated heterocycles. The van der Waals surface area contributed by atoms with E-state index in [-0.39, 0.29) is 30.9 Å². The van der Waals surface area contributed by atoms with Gasteiger partial charge in [-0.3, -0.25) is 24.2 Å². The lowest BCUT2D eigenvalue weighted by atomic mass is 10.2. The molecular weight excluding hydrogens is 456 g/mol. The second kappa shape index (κ2) is 10.7. The number of fused-ring (bicyclic) bond motifs is 1. The SMILES string of the molecule is COCCCNC(=O)CN1CCN(C(=O)CN2C(=O)COc3cc(Br)ccc32)CC1. The van der Waals surface area contributed by atoms with Gasteiger partial charge in [0, 0.05) is 50.9 Å². The smallest absolute Gasteiger partial charge is 0.265 e. The number of amides is 3. The summed E-state index contributed by atoms with van der Waals surface area (Å²) in [6, 6.07) is 5.38. The maximum Gasteiger partial charge on any atom is 0.265 e. The Hall–Kier alpha value is -2.17. The van der Waals surface area contributed by atoms with Gasteiger partial charge in [-0.05, 0) is 24.6 Å². The lowest BCUT2D eigenvalue weighted by Gasteiger charge is -2.36. The lowest BCUT2D eigenvalue weighted by molar-refractivity contribution is -0.133. The molecule has 164 valence electrons. The first-order valence-electron chi connectivity index (χ1n) is 9.96. The third-order valence-corrected chi connectivity index (χ3v) is 5.59. The highest BCUT2D eigenvalue weighted by Gasteiger charge is 2.30. The molecule has 0 bridgehead atoms. The van der Waals surface area contributed by atoms with Gasteiger partial charge in [0.05, 0.1) is 12.2 Å². The van der Waals surface area contributed by atoms with E-state index in [9.17, 15) is 14.4 Å². The molecule has 0 aliphatic carbocycles. The number of ether oxygens (including phenoxy) is 2. The number of hydrogen-bond donors (Lipinski definition) is 1. The van der Waals surface area contributed by atoms with Gasteiger partial charge in [-0.15, -0.1) is 0 Å². The summed E-state index contributed by atoms with van der Waals surface area (Å²) in [5.41, 5.74) is 0.603. The largest absolute Gasteiger partial charge is 0.482 e. The first kappa shape index (κ1) is 22.5. The van der Waals surface area contributed by atoms with Crippen molar-refractivity contribution in [2.45, 2.75) is 6.42 Å². The number of piperazine rings is 1. The van der Waals surface area contributed by atoms with Crippen LogP contribution in [-0.4, -0.2) is 93.7 Å². The highest BCUT2D eigenvalue weighted by molar-refractivity contribution is 9.10. The van der Waals surface area contributed by atoms with Crippen LogP contribution < -0.4 is 15.0 Å². The number of halogens is 1. The van der Waals surface area contributed by atoms with Gasteiger partial charge in [0.1, 0.15) is 12.3 Å². The molecule has 0 spiro atoms. The maximum atomic E-state index is 12.8. The fraction of sp³-hybridized carbons (Fsp3) is 0.550. The number of carbonyl (C=O) groups is 3. The quantitative estimate of drug-likeness (QED) is 0.541. The number of nitrogens with one attached hydrogen (secondary N) is 1. The van der Waals surface area contributed by atoms with Crippen molar-refractivity contribution in [3.63, 3.8) is 0 Å². The van der Waals surface area contributed by atoms with E-state index in [1.165, 1.54) is 4.90 Å². The van der Waals surface area contributed by atoms with Crippen molar-refractivity contribution in [3.05, 3.63) is 22.7 Å². The Balaban J connectivity index is 1.47. The van der Waals surface area contributed by atoms with Crippen LogP contribution in [0.3, 0.4) is 0 Å². The van der Waals surface area contributed by atoms with Crippen LogP contribution in [0.2, 0.25) is 0 Å². The fourth-order valence-corrected chi connectivity index (χ4v) is 3.79. The lowest BCUT2D eigenvalue weighted by Crippen LogP contribution is -2.54. The minimum atomic E-state index is -0.234. The minimum Gasteiger partial charge on any atom is -0.482 e. The van der Waals surface area contributed by atoms with E-state index < -0.39 is 0 Å². The average molecular weight is 483 g/mol. The predicted octanol–water partition coefficient (Wildman–Crippen LogP) is 0.471. The first-order valence-corrected chi connectivity index (χ1v) is 10.8. The van der Waals surface area contributed by atoms with Crippen molar-refractivity contribution in [3.8, 4) is 5.75 Å². The van der Waals surface area contributed by atoms with Crippen LogP contribution in [0.1, 0.15) is 6.42 Å². The van der Waals surface area contributed by atoms with Crippen LogP contribution in [0.5, 0.6) is 5.75 Å². The number of hydrogen-bond acceptors (Lipinski definition) is 6. The third kappa shape index (κ3) is 5.93. The van der Waals surface area contributed by atoms with Crippen LogP contribution in [0.4, 0.5) is 5.69 Å². The number of methoxy groups -OCH3 is 1. The summed E-state index contributed by atoms with van der Waals surface area (Å²) in [6.07, 6.45) is 0.783. The molecule has 0 saturated carbocycles. The molecule has 3 amide bonds.